The minimum absolute atomic E-state index is 0.319. The van der Waals surface area contributed by atoms with E-state index in [0.29, 0.717) is 5.56 Å². The standard InChI is InChI=1S/C15H26N2O2/c1-3-4-5-6-7-8-9-10-11-17-13(2)14(12-16-17)15(18)19/h12H,3-11H2,1-2H3,(H,18,19). The maximum Gasteiger partial charge on any atom is 0.339 e. The molecule has 1 heterocycles. The first-order valence-corrected chi connectivity index (χ1v) is 7.42. The van der Waals surface area contributed by atoms with Crippen LogP contribution in [0.2, 0.25) is 0 Å². The van der Waals surface area contributed by atoms with Crippen molar-refractivity contribution < 1.29 is 9.90 Å². The molecule has 0 atom stereocenters. The lowest BCUT2D eigenvalue weighted by atomic mass is 10.1. The maximum absolute atomic E-state index is 10.9. The predicted octanol–water partition coefficient (Wildman–Crippen LogP) is 4.03. The van der Waals surface area contributed by atoms with E-state index < -0.39 is 5.97 Å². The van der Waals surface area contributed by atoms with Gasteiger partial charge in [-0.05, 0) is 13.3 Å². The highest BCUT2D eigenvalue weighted by molar-refractivity contribution is 5.88. The molecule has 108 valence electrons. The van der Waals surface area contributed by atoms with Gasteiger partial charge in [0.25, 0.3) is 0 Å². The van der Waals surface area contributed by atoms with Crippen LogP contribution in [0, 0.1) is 6.92 Å². The fourth-order valence-electron chi connectivity index (χ4n) is 2.28. The third kappa shape index (κ3) is 5.45. The molecule has 0 spiro atoms. The van der Waals surface area contributed by atoms with Gasteiger partial charge in [0.15, 0.2) is 0 Å². The highest BCUT2D eigenvalue weighted by Gasteiger charge is 2.11. The summed E-state index contributed by atoms with van der Waals surface area (Å²) in [4.78, 5) is 10.9. The number of aryl methyl sites for hydroxylation is 1. The van der Waals surface area contributed by atoms with Crippen molar-refractivity contribution in [1.29, 1.82) is 0 Å². The monoisotopic (exact) mass is 266 g/mol. The van der Waals surface area contributed by atoms with Gasteiger partial charge in [0.1, 0.15) is 5.56 Å². The number of rotatable bonds is 10. The molecule has 0 aliphatic carbocycles. The first-order valence-electron chi connectivity index (χ1n) is 7.42. The van der Waals surface area contributed by atoms with Crippen molar-refractivity contribution in [1.82, 2.24) is 9.78 Å². The number of hydrogen-bond donors (Lipinski definition) is 1. The first-order chi connectivity index (χ1) is 9.16. The number of unbranched alkanes of at least 4 members (excludes halogenated alkanes) is 7. The molecule has 0 aliphatic rings. The molecule has 1 rings (SSSR count). The van der Waals surface area contributed by atoms with E-state index in [2.05, 4.69) is 12.0 Å². The van der Waals surface area contributed by atoms with Crippen molar-refractivity contribution in [3.05, 3.63) is 17.5 Å². The summed E-state index contributed by atoms with van der Waals surface area (Å²) in [6, 6.07) is 0. The quantitative estimate of drug-likeness (QED) is 0.650. The highest BCUT2D eigenvalue weighted by atomic mass is 16.4. The third-order valence-electron chi connectivity index (χ3n) is 3.56. The Balaban J connectivity index is 2.14. The largest absolute Gasteiger partial charge is 0.478 e. The summed E-state index contributed by atoms with van der Waals surface area (Å²) in [6.45, 7) is 4.88. The number of carbonyl (C=O) groups is 1. The number of carboxylic acid groups (broad SMARTS) is 1. The van der Waals surface area contributed by atoms with Gasteiger partial charge in [-0.2, -0.15) is 5.10 Å². The summed E-state index contributed by atoms with van der Waals surface area (Å²) in [5.41, 5.74) is 1.08. The number of nitrogens with zero attached hydrogens (tertiary/aromatic N) is 2. The Morgan fingerprint density at radius 3 is 2.26 bits per heavy atom. The fraction of sp³-hybridized carbons (Fsp3) is 0.733. The van der Waals surface area contributed by atoms with Crippen LogP contribution in [0.25, 0.3) is 0 Å². The molecule has 0 aromatic carbocycles. The van der Waals surface area contributed by atoms with Crippen molar-refractivity contribution >= 4 is 5.97 Å². The second kappa shape index (κ2) is 8.73. The van der Waals surface area contributed by atoms with E-state index in [9.17, 15) is 4.79 Å². The summed E-state index contributed by atoms with van der Waals surface area (Å²) in [5.74, 6) is -0.889. The molecule has 1 aromatic heterocycles. The van der Waals surface area contributed by atoms with Gasteiger partial charge < -0.3 is 5.11 Å². The van der Waals surface area contributed by atoms with Crippen molar-refractivity contribution in [2.24, 2.45) is 0 Å². The van der Waals surface area contributed by atoms with Gasteiger partial charge in [-0.15, -0.1) is 0 Å². The molecule has 4 heteroatoms. The van der Waals surface area contributed by atoms with E-state index in [4.69, 9.17) is 5.11 Å². The average Bonchev–Trinajstić information content (AvgIpc) is 2.74. The summed E-state index contributed by atoms with van der Waals surface area (Å²) < 4.78 is 1.81. The van der Waals surface area contributed by atoms with Gasteiger partial charge in [-0.3, -0.25) is 4.68 Å². The predicted molar refractivity (Wildman–Crippen MR) is 76.5 cm³/mol. The van der Waals surface area contributed by atoms with Crippen molar-refractivity contribution in [2.45, 2.75) is 71.8 Å². The molecule has 0 aliphatic heterocycles. The maximum atomic E-state index is 10.9. The summed E-state index contributed by atoms with van der Waals surface area (Å²) in [6.07, 6.45) is 11.7. The van der Waals surface area contributed by atoms with Gasteiger partial charge >= 0.3 is 5.97 Å². The Labute approximate surface area is 115 Å². The summed E-state index contributed by atoms with van der Waals surface area (Å²) in [7, 11) is 0. The normalized spacial score (nSPS) is 10.8. The van der Waals surface area contributed by atoms with Gasteiger partial charge in [0, 0.05) is 12.2 Å². The van der Waals surface area contributed by atoms with Crippen LogP contribution in [0.15, 0.2) is 6.20 Å². The van der Waals surface area contributed by atoms with E-state index in [1.54, 1.807) is 4.68 Å². The Morgan fingerprint density at radius 1 is 1.16 bits per heavy atom. The van der Waals surface area contributed by atoms with Gasteiger partial charge in [-0.1, -0.05) is 51.9 Å². The van der Waals surface area contributed by atoms with Crippen LogP contribution >= 0.6 is 0 Å². The summed E-state index contributed by atoms with van der Waals surface area (Å²) >= 11 is 0. The first kappa shape index (κ1) is 15.7. The van der Waals surface area contributed by atoms with Crippen LogP contribution in [0.1, 0.15) is 74.3 Å². The molecule has 1 N–H and O–H groups in total. The minimum Gasteiger partial charge on any atom is -0.478 e. The Hall–Kier alpha value is -1.32. The lowest BCUT2D eigenvalue weighted by Gasteiger charge is -2.05. The van der Waals surface area contributed by atoms with Crippen LogP contribution < -0.4 is 0 Å². The molecule has 0 bridgehead atoms. The topological polar surface area (TPSA) is 55.1 Å². The second-order valence-electron chi connectivity index (χ2n) is 5.15. The SMILES string of the molecule is CCCCCCCCCCn1ncc(C(=O)O)c1C. The van der Waals surface area contributed by atoms with Gasteiger partial charge in [-0.25, -0.2) is 4.79 Å². The zero-order valence-electron chi connectivity index (χ0n) is 12.2. The molecule has 19 heavy (non-hydrogen) atoms. The summed E-state index contributed by atoms with van der Waals surface area (Å²) in [5, 5.41) is 13.1. The second-order valence-corrected chi connectivity index (χ2v) is 5.15. The smallest absolute Gasteiger partial charge is 0.339 e. The molecule has 0 fully saturated rings. The van der Waals surface area contributed by atoms with Crippen LogP contribution in [0.5, 0.6) is 0 Å². The van der Waals surface area contributed by atoms with Crippen molar-refractivity contribution in [3.8, 4) is 0 Å². The molecule has 1 aromatic rings. The molecule has 0 amide bonds. The van der Waals surface area contributed by atoms with Crippen LogP contribution in [0.3, 0.4) is 0 Å². The molecule has 4 nitrogen and oxygen atoms in total. The number of hydrogen-bond acceptors (Lipinski definition) is 2. The fourth-order valence-corrected chi connectivity index (χ4v) is 2.28. The Bertz CT molecular complexity index is 385. The lowest BCUT2D eigenvalue weighted by Crippen LogP contribution is -2.04. The number of aromatic carboxylic acids is 1. The molecule has 0 saturated carbocycles. The van der Waals surface area contributed by atoms with Gasteiger partial charge in [0.2, 0.25) is 0 Å². The Morgan fingerprint density at radius 2 is 1.74 bits per heavy atom. The zero-order chi connectivity index (χ0) is 14.1. The Kier molecular flexibility index (Phi) is 7.23. The van der Waals surface area contributed by atoms with Crippen LogP contribution in [0.4, 0.5) is 0 Å². The van der Waals surface area contributed by atoms with Crippen LogP contribution in [-0.4, -0.2) is 20.9 Å². The van der Waals surface area contributed by atoms with E-state index >= 15 is 0 Å². The average molecular weight is 266 g/mol. The number of aromatic nitrogens is 2. The molecular weight excluding hydrogens is 240 g/mol. The number of carboxylic acids is 1. The minimum atomic E-state index is -0.889. The third-order valence-corrected chi connectivity index (χ3v) is 3.56. The van der Waals surface area contributed by atoms with E-state index in [0.717, 1.165) is 18.7 Å². The van der Waals surface area contributed by atoms with Crippen molar-refractivity contribution in [2.75, 3.05) is 0 Å². The lowest BCUT2D eigenvalue weighted by molar-refractivity contribution is 0.0696. The van der Waals surface area contributed by atoms with Crippen LogP contribution in [-0.2, 0) is 6.54 Å². The molecule has 0 saturated heterocycles. The van der Waals surface area contributed by atoms with E-state index in [-0.39, 0.29) is 0 Å². The molecule has 0 radical (unpaired) electrons. The van der Waals surface area contributed by atoms with E-state index in [1.165, 1.54) is 51.1 Å². The van der Waals surface area contributed by atoms with E-state index in [1.807, 2.05) is 6.92 Å². The van der Waals surface area contributed by atoms with Gasteiger partial charge in [0.05, 0.1) is 6.20 Å². The highest BCUT2D eigenvalue weighted by Crippen LogP contribution is 2.11. The zero-order valence-corrected chi connectivity index (χ0v) is 12.2. The molecule has 0 unspecified atom stereocenters. The van der Waals surface area contributed by atoms with Crippen molar-refractivity contribution in [3.63, 3.8) is 0 Å². The molecular formula is C15H26N2O2.